The van der Waals surface area contributed by atoms with Crippen molar-refractivity contribution in [2.75, 3.05) is 5.32 Å². The molecule has 13 heteroatoms. The Kier molecular flexibility index (Phi) is 6.82. The van der Waals surface area contributed by atoms with Gasteiger partial charge < -0.3 is 10.1 Å². The van der Waals surface area contributed by atoms with Crippen LogP contribution in [-0.2, 0) is 6.18 Å². The summed E-state index contributed by atoms with van der Waals surface area (Å²) in [6.45, 7) is 0. The first-order chi connectivity index (χ1) is 15.0. The van der Waals surface area contributed by atoms with E-state index in [-0.39, 0.29) is 38.6 Å². The van der Waals surface area contributed by atoms with Gasteiger partial charge in [0.2, 0.25) is 5.88 Å². The number of hydrogen-bond acceptors (Lipinski definition) is 5. The highest BCUT2D eigenvalue weighted by molar-refractivity contribution is 7.81. The maximum atomic E-state index is 14.5. The van der Waals surface area contributed by atoms with Crippen molar-refractivity contribution in [3.8, 4) is 11.6 Å². The Hall–Kier alpha value is -3.02. The Morgan fingerprint density at radius 1 is 1.12 bits per heavy atom. The van der Waals surface area contributed by atoms with E-state index >= 15 is 0 Å². The number of nitrogens with zero attached hydrogens (tertiary/aromatic N) is 2. The van der Waals surface area contributed by atoms with Crippen LogP contribution >= 0.6 is 35.4 Å². The summed E-state index contributed by atoms with van der Waals surface area (Å²) in [5.74, 6) is -1.28. The number of halogens is 6. The predicted octanol–water partition coefficient (Wildman–Crippen LogP) is 7.03. The molecule has 0 atom stereocenters. The maximum absolute atomic E-state index is 14.5. The first-order valence-corrected chi connectivity index (χ1v) is 9.57. The van der Waals surface area contributed by atoms with Crippen molar-refractivity contribution in [3.63, 3.8) is 0 Å². The molecule has 1 aromatic heterocycles. The first kappa shape index (κ1) is 23.6. The highest BCUT2D eigenvalue weighted by Gasteiger charge is 2.31. The standard InChI is InChI=1S/C19H9Cl2F4N3O3S/c20-13-3-1-10(28(29)30)6-12(13)18(32)27-16-4-2-11(7-15(16)22)31-17-14(21)5-9(8-26-17)19(23,24)25/h1-8H,(H,27,32). The van der Waals surface area contributed by atoms with Crippen LogP contribution in [-0.4, -0.2) is 14.9 Å². The van der Waals surface area contributed by atoms with Crippen molar-refractivity contribution < 1.29 is 27.2 Å². The normalized spacial score (nSPS) is 11.2. The van der Waals surface area contributed by atoms with Gasteiger partial charge in [0.1, 0.15) is 21.6 Å². The number of aromatic nitrogens is 1. The van der Waals surface area contributed by atoms with Crippen molar-refractivity contribution in [2.24, 2.45) is 0 Å². The van der Waals surface area contributed by atoms with Gasteiger partial charge in [0.05, 0.1) is 21.2 Å². The molecule has 0 unspecified atom stereocenters. The Labute approximate surface area is 192 Å². The van der Waals surface area contributed by atoms with Gasteiger partial charge in [-0.2, -0.15) is 13.2 Å². The quantitative estimate of drug-likeness (QED) is 0.173. The number of hydrogen-bond donors (Lipinski definition) is 1. The van der Waals surface area contributed by atoms with Gasteiger partial charge in [0.25, 0.3) is 5.69 Å². The van der Waals surface area contributed by atoms with E-state index in [4.69, 9.17) is 40.2 Å². The second-order valence-corrected chi connectivity index (χ2v) is 7.35. The molecule has 0 saturated heterocycles. The van der Waals surface area contributed by atoms with Gasteiger partial charge in [-0.3, -0.25) is 10.1 Å². The Bertz CT molecular complexity index is 1220. The number of ether oxygens (including phenoxy) is 1. The minimum atomic E-state index is -4.63. The summed E-state index contributed by atoms with van der Waals surface area (Å²) in [4.78, 5) is 13.7. The second-order valence-electron chi connectivity index (χ2n) is 6.13. The molecule has 166 valence electrons. The summed E-state index contributed by atoms with van der Waals surface area (Å²) in [5, 5.41) is 13.2. The summed E-state index contributed by atoms with van der Waals surface area (Å²) < 4.78 is 57.8. The van der Waals surface area contributed by atoms with Gasteiger partial charge in [-0.25, -0.2) is 9.37 Å². The molecule has 6 nitrogen and oxygen atoms in total. The number of alkyl halides is 3. The summed E-state index contributed by atoms with van der Waals surface area (Å²) in [7, 11) is 0. The summed E-state index contributed by atoms with van der Waals surface area (Å²) in [5.41, 5.74) is -1.29. The average molecular weight is 506 g/mol. The van der Waals surface area contributed by atoms with Crippen LogP contribution in [0.3, 0.4) is 0 Å². The summed E-state index contributed by atoms with van der Waals surface area (Å²) in [6.07, 6.45) is -4.09. The second kappa shape index (κ2) is 9.23. The molecule has 3 rings (SSSR count). The largest absolute Gasteiger partial charge is 0.437 e. The molecule has 1 heterocycles. The average Bonchev–Trinajstić information content (AvgIpc) is 2.70. The number of benzene rings is 2. The van der Waals surface area contributed by atoms with Gasteiger partial charge in [-0.1, -0.05) is 35.4 Å². The third-order valence-electron chi connectivity index (χ3n) is 3.94. The van der Waals surface area contributed by atoms with E-state index in [1.165, 1.54) is 24.3 Å². The smallest absolute Gasteiger partial charge is 0.417 e. The molecule has 0 aliphatic heterocycles. The number of anilines is 1. The molecule has 0 amide bonds. The molecule has 32 heavy (non-hydrogen) atoms. The van der Waals surface area contributed by atoms with E-state index in [2.05, 4.69) is 10.3 Å². The minimum Gasteiger partial charge on any atom is -0.437 e. The lowest BCUT2D eigenvalue weighted by atomic mass is 10.2. The number of thiocarbonyl (C=S) groups is 1. The van der Waals surface area contributed by atoms with Gasteiger partial charge in [-0.05, 0) is 24.3 Å². The third kappa shape index (κ3) is 5.42. The fourth-order valence-corrected chi connectivity index (χ4v) is 3.17. The van der Waals surface area contributed by atoms with Crippen LogP contribution in [0.1, 0.15) is 11.1 Å². The molecule has 0 bridgehead atoms. The molecule has 0 fully saturated rings. The number of nitrogens with one attached hydrogen (secondary N) is 1. The Morgan fingerprint density at radius 2 is 1.84 bits per heavy atom. The molecule has 2 aromatic carbocycles. The lowest BCUT2D eigenvalue weighted by Crippen LogP contribution is -2.12. The molecule has 0 spiro atoms. The lowest BCUT2D eigenvalue weighted by molar-refractivity contribution is -0.384. The topological polar surface area (TPSA) is 77.3 Å². The zero-order valence-electron chi connectivity index (χ0n) is 15.4. The number of rotatable bonds is 5. The van der Waals surface area contributed by atoms with E-state index in [1.54, 1.807) is 0 Å². The first-order valence-electron chi connectivity index (χ1n) is 8.41. The van der Waals surface area contributed by atoms with Gasteiger partial charge in [0, 0.05) is 30.0 Å². The molecular weight excluding hydrogens is 497 g/mol. The third-order valence-corrected chi connectivity index (χ3v) is 4.87. The van der Waals surface area contributed by atoms with Gasteiger partial charge in [-0.15, -0.1) is 0 Å². The van der Waals surface area contributed by atoms with Crippen LogP contribution in [0.4, 0.5) is 28.9 Å². The van der Waals surface area contributed by atoms with Crippen LogP contribution in [0.2, 0.25) is 10.0 Å². The van der Waals surface area contributed by atoms with E-state index in [0.29, 0.717) is 12.3 Å². The number of pyridine rings is 1. The fourth-order valence-electron chi connectivity index (χ4n) is 2.42. The minimum absolute atomic E-state index is 0.0706. The molecule has 1 N–H and O–H groups in total. The van der Waals surface area contributed by atoms with Crippen molar-refractivity contribution >= 4 is 51.8 Å². The zero-order valence-corrected chi connectivity index (χ0v) is 17.7. The van der Waals surface area contributed by atoms with Crippen molar-refractivity contribution in [3.05, 3.63) is 85.8 Å². The van der Waals surface area contributed by atoms with Crippen LogP contribution in [0, 0.1) is 15.9 Å². The fraction of sp³-hybridized carbons (Fsp3) is 0.0526. The van der Waals surface area contributed by atoms with Crippen LogP contribution in [0.5, 0.6) is 11.6 Å². The van der Waals surface area contributed by atoms with Gasteiger partial charge in [0.15, 0.2) is 0 Å². The SMILES string of the molecule is O=[N+]([O-])c1ccc(Cl)c(C(=S)Nc2ccc(Oc3ncc(C(F)(F)F)cc3Cl)cc2F)c1. The molecular formula is C19H9Cl2F4N3O3S. The maximum Gasteiger partial charge on any atom is 0.417 e. The molecule has 0 aliphatic rings. The monoisotopic (exact) mass is 505 g/mol. The molecule has 0 aliphatic carbocycles. The van der Waals surface area contributed by atoms with Crippen LogP contribution in [0.25, 0.3) is 0 Å². The lowest BCUT2D eigenvalue weighted by Gasteiger charge is -2.13. The van der Waals surface area contributed by atoms with E-state index in [1.807, 2.05) is 0 Å². The summed E-state index contributed by atoms with van der Waals surface area (Å²) in [6, 6.07) is 7.72. The zero-order chi connectivity index (χ0) is 23.6. The predicted molar refractivity (Wildman–Crippen MR) is 114 cm³/mol. The Morgan fingerprint density at radius 3 is 2.44 bits per heavy atom. The van der Waals surface area contributed by atoms with Crippen LogP contribution in [0.15, 0.2) is 48.7 Å². The highest BCUT2D eigenvalue weighted by atomic mass is 35.5. The Balaban J connectivity index is 1.78. The number of nitro groups is 1. The van der Waals surface area contributed by atoms with E-state index in [0.717, 1.165) is 12.1 Å². The van der Waals surface area contributed by atoms with Gasteiger partial charge >= 0.3 is 6.18 Å². The van der Waals surface area contributed by atoms with Crippen molar-refractivity contribution in [2.45, 2.75) is 6.18 Å². The molecule has 3 aromatic rings. The number of nitro benzene ring substituents is 1. The van der Waals surface area contributed by atoms with Crippen LogP contribution < -0.4 is 10.1 Å². The van der Waals surface area contributed by atoms with E-state index < -0.39 is 27.5 Å². The molecule has 0 saturated carbocycles. The summed E-state index contributed by atoms with van der Waals surface area (Å²) >= 11 is 16.9. The van der Waals surface area contributed by atoms with Crippen molar-refractivity contribution in [1.82, 2.24) is 4.98 Å². The van der Waals surface area contributed by atoms with Crippen molar-refractivity contribution in [1.29, 1.82) is 0 Å². The van der Waals surface area contributed by atoms with E-state index in [9.17, 15) is 27.7 Å². The highest BCUT2D eigenvalue weighted by Crippen LogP contribution is 2.35. The number of non-ortho nitro benzene ring substituents is 1. The molecule has 0 radical (unpaired) electrons.